The first-order valence-corrected chi connectivity index (χ1v) is 6.84. The maximum Gasteiger partial charge on any atom is 0.147 e. The number of hydrogen-bond donors (Lipinski definition) is 1. The predicted octanol–water partition coefficient (Wildman–Crippen LogP) is 3.43. The van der Waals surface area contributed by atoms with E-state index in [4.69, 9.17) is 0 Å². The molecule has 0 unspecified atom stereocenters. The average Bonchev–Trinajstić information content (AvgIpc) is 2.79. The zero-order valence-electron chi connectivity index (χ0n) is 8.59. The van der Waals surface area contributed by atoms with Gasteiger partial charge in [-0.1, -0.05) is 0 Å². The maximum atomic E-state index is 4.25. The Morgan fingerprint density at radius 2 is 2.18 bits per heavy atom. The number of aromatic nitrogens is 3. The molecule has 3 aromatic rings. The Morgan fingerprint density at radius 1 is 1.24 bits per heavy atom. The molecule has 0 spiro atoms. The zero-order chi connectivity index (χ0) is 11.7. The number of anilines is 2. The summed E-state index contributed by atoms with van der Waals surface area (Å²) in [4.78, 5) is 12.4. The van der Waals surface area contributed by atoms with Crippen LogP contribution in [0.25, 0.3) is 10.2 Å². The first-order chi connectivity index (χ1) is 8.33. The molecule has 84 valence electrons. The molecule has 2 heterocycles. The summed E-state index contributed by atoms with van der Waals surface area (Å²) in [7, 11) is 0. The molecular formula is C11H7IN4S. The highest BCUT2D eigenvalue weighted by Gasteiger charge is 2.03. The molecule has 6 heteroatoms. The molecule has 0 fully saturated rings. The molecule has 0 aliphatic carbocycles. The van der Waals surface area contributed by atoms with Crippen LogP contribution in [0, 0.1) is 3.57 Å². The topological polar surface area (TPSA) is 50.7 Å². The Kier molecular flexibility index (Phi) is 2.89. The third-order valence-electron chi connectivity index (χ3n) is 2.26. The highest BCUT2D eigenvalue weighted by Crippen LogP contribution is 2.25. The van der Waals surface area contributed by atoms with Gasteiger partial charge in [-0.3, -0.25) is 0 Å². The molecule has 17 heavy (non-hydrogen) atoms. The van der Waals surface area contributed by atoms with Crippen LogP contribution in [0.1, 0.15) is 0 Å². The molecule has 1 aromatic carbocycles. The van der Waals surface area contributed by atoms with E-state index in [-0.39, 0.29) is 0 Å². The van der Waals surface area contributed by atoms with E-state index >= 15 is 0 Å². The Hall–Kier alpha value is -1.28. The summed E-state index contributed by atoms with van der Waals surface area (Å²) in [5.74, 6) is 0.824. The lowest BCUT2D eigenvalue weighted by molar-refractivity contribution is 1.15. The molecule has 0 aliphatic heterocycles. The third kappa shape index (κ3) is 2.22. The lowest BCUT2D eigenvalue weighted by atomic mass is 10.3. The quantitative estimate of drug-likeness (QED) is 0.717. The van der Waals surface area contributed by atoms with Crippen LogP contribution in [0.3, 0.4) is 0 Å². The molecule has 1 N–H and O–H groups in total. The van der Waals surface area contributed by atoms with Crippen molar-refractivity contribution in [1.82, 2.24) is 15.0 Å². The van der Waals surface area contributed by atoms with Crippen molar-refractivity contribution < 1.29 is 0 Å². The summed E-state index contributed by atoms with van der Waals surface area (Å²) in [5.41, 5.74) is 3.89. The zero-order valence-corrected chi connectivity index (χ0v) is 11.6. The maximum absolute atomic E-state index is 4.25. The highest BCUT2D eigenvalue weighted by molar-refractivity contribution is 14.1. The summed E-state index contributed by atoms with van der Waals surface area (Å²) in [6, 6.07) is 6.08. The van der Waals surface area contributed by atoms with Crippen molar-refractivity contribution >= 4 is 55.6 Å². The number of nitrogens with zero attached hydrogens (tertiary/aromatic N) is 3. The fraction of sp³-hybridized carbons (Fsp3) is 0. The van der Waals surface area contributed by atoms with Crippen LogP contribution in [0.5, 0.6) is 0 Å². The van der Waals surface area contributed by atoms with Gasteiger partial charge in [0.1, 0.15) is 12.1 Å². The molecule has 4 nitrogen and oxygen atoms in total. The smallest absolute Gasteiger partial charge is 0.147 e. The second-order valence-electron chi connectivity index (χ2n) is 3.38. The summed E-state index contributed by atoms with van der Waals surface area (Å²) < 4.78 is 2.16. The van der Waals surface area contributed by atoms with E-state index in [0.717, 1.165) is 20.6 Å². The number of hydrogen-bond acceptors (Lipinski definition) is 5. The minimum Gasteiger partial charge on any atom is -0.339 e. The summed E-state index contributed by atoms with van der Waals surface area (Å²) >= 11 is 3.84. The highest BCUT2D eigenvalue weighted by atomic mass is 127. The van der Waals surface area contributed by atoms with Crippen LogP contribution in [0.15, 0.2) is 36.2 Å². The molecular weight excluding hydrogens is 347 g/mol. The van der Waals surface area contributed by atoms with Crippen molar-refractivity contribution in [3.63, 3.8) is 0 Å². The second-order valence-corrected chi connectivity index (χ2v) is 5.43. The second kappa shape index (κ2) is 4.53. The van der Waals surface area contributed by atoms with Gasteiger partial charge >= 0.3 is 0 Å². The predicted molar refractivity (Wildman–Crippen MR) is 77.7 cm³/mol. The summed E-state index contributed by atoms with van der Waals surface area (Å²) in [5, 5.41) is 3.27. The Labute approximate surface area is 115 Å². The number of rotatable bonds is 2. The number of benzene rings is 1. The van der Waals surface area contributed by atoms with E-state index in [9.17, 15) is 0 Å². The molecule has 0 amide bonds. The number of halogens is 1. The van der Waals surface area contributed by atoms with Crippen molar-refractivity contribution in [2.24, 2.45) is 0 Å². The van der Waals surface area contributed by atoms with Gasteiger partial charge in [0, 0.05) is 11.9 Å². The van der Waals surface area contributed by atoms with Crippen molar-refractivity contribution in [2.75, 3.05) is 5.32 Å². The van der Waals surface area contributed by atoms with Gasteiger partial charge in [-0.15, -0.1) is 11.3 Å². The monoisotopic (exact) mass is 354 g/mol. The van der Waals surface area contributed by atoms with E-state index in [1.165, 1.54) is 11.0 Å². The van der Waals surface area contributed by atoms with E-state index in [0.29, 0.717) is 0 Å². The van der Waals surface area contributed by atoms with Crippen LogP contribution in [-0.4, -0.2) is 15.0 Å². The van der Waals surface area contributed by atoms with Gasteiger partial charge < -0.3 is 5.32 Å². The average molecular weight is 354 g/mol. The van der Waals surface area contributed by atoms with Gasteiger partial charge in [-0.05, 0) is 40.8 Å². The molecule has 3 rings (SSSR count). The molecule has 0 atom stereocenters. The molecule has 0 saturated heterocycles. The van der Waals surface area contributed by atoms with Gasteiger partial charge in [0.2, 0.25) is 0 Å². The van der Waals surface area contributed by atoms with Gasteiger partial charge in [0.05, 0.1) is 19.3 Å². The summed E-state index contributed by atoms with van der Waals surface area (Å²) in [6.45, 7) is 0. The molecule has 2 aromatic heterocycles. The van der Waals surface area contributed by atoms with E-state index < -0.39 is 0 Å². The van der Waals surface area contributed by atoms with E-state index in [1.54, 1.807) is 17.5 Å². The number of nitrogens with one attached hydrogen (secondary N) is 1. The SMILES string of the molecule is Ic1cncnc1Nc1ccc2ncsc2c1. The van der Waals surface area contributed by atoms with Gasteiger partial charge in [-0.2, -0.15) is 0 Å². The molecule has 0 aliphatic rings. The molecule has 0 saturated carbocycles. The van der Waals surface area contributed by atoms with E-state index in [1.807, 2.05) is 17.6 Å². The van der Waals surface area contributed by atoms with Crippen molar-refractivity contribution in [1.29, 1.82) is 0 Å². The Morgan fingerprint density at radius 3 is 3.06 bits per heavy atom. The summed E-state index contributed by atoms with van der Waals surface area (Å²) in [6.07, 6.45) is 3.32. The van der Waals surface area contributed by atoms with Gasteiger partial charge in [0.15, 0.2) is 0 Å². The van der Waals surface area contributed by atoms with Crippen molar-refractivity contribution in [3.8, 4) is 0 Å². The molecule has 0 radical (unpaired) electrons. The number of fused-ring (bicyclic) bond motifs is 1. The lowest BCUT2D eigenvalue weighted by Gasteiger charge is -2.06. The molecule has 0 bridgehead atoms. The van der Waals surface area contributed by atoms with Crippen molar-refractivity contribution in [3.05, 3.63) is 39.8 Å². The fourth-order valence-corrected chi connectivity index (χ4v) is 2.63. The minimum atomic E-state index is 0.824. The van der Waals surface area contributed by atoms with Crippen LogP contribution in [-0.2, 0) is 0 Å². The van der Waals surface area contributed by atoms with Gasteiger partial charge in [-0.25, -0.2) is 15.0 Å². The lowest BCUT2D eigenvalue weighted by Crippen LogP contribution is -1.96. The van der Waals surface area contributed by atoms with Crippen LogP contribution in [0.2, 0.25) is 0 Å². The fourth-order valence-electron chi connectivity index (χ4n) is 1.47. The normalized spacial score (nSPS) is 10.6. The first-order valence-electron chi connectivity index (χ1n) is 4.89. The van der Waals surface area contributed by atoms with Gasteiger partial charge in [0.25, 0.3) is 0 Å². The number of thiazole rings is 1. The Balaban J connectivity index is 1.97. The first kappa shape index (κ1) is 10.8. The largest absolute Gasteiger partial charge is 0.339 e. The minimum absolute atomic E-state index is 0.824. The van der Waals surface area contributed by atoms with Crippen LogP contribution < -0.4 is 5.32 Å². The third-order valence-corrected chi connectivity index (χ3v) is 3.84. The Bertz CT molecular complexity index is 667. The van der Waals surface area contributed by atoms with Crippen LogP contribution >= 0.6 is 33.9 Å². The van der Waals surface area contributed by atoms with Crippen LogP contribution in [0.4, 0.5) is 11.5 Å². The van der Waals surface area contributed by atoms with E-state index in [2.05, 4.69) is 48.9 Å². The van der Waals surface area contributed by atoms with Crippen molar-refractivity contribution in [2.45, 2.75) is 0 Å². The standard InChI is InChI=1S/C11H7IN4S/c12-8-4-13-5-14-11(8)16-7-1-2-9-10(3-7)17-6-15-9/h1-6H,(H,13,14,16).